The minimum atomic E-state index is 0.0289. The number of carbonyl (C=O) groups is 2. The summed E-state index contributed by atoms with van der Waals surface area (Å²) >= 11 is 0. The van der Waals surface area contributed by atoms with Gasteiger partial charge < -0.3 is 9.47 Å². The van der Waals surface area contributed by atoms with Crippen LogP contribution in [-0.2, 0) is 11.2 Å². The second kappa shape index (κ2) is 12.3. The first-order chi connectivity index (χ1) is 16.9. The first-order valence-corrected chi connectivity index (χ1v) is 12.7. The van der Waals surface area contributed by atoms with E-state index in [9.17, 15) is 14.9 Å². The Morgan fingerprint density at radius 1 is 1.06 bits per heavy atom. The molecule has 0 saturated heterocycles. The normalized spacial score (nSPS) is 10.9. The molecule has 0 aliphatic heterocycles. The van der Waals surface area contributed by atoms with E-state index in [1.54, 1.807) is 30.3 Å². The van der Waals surface area contributed by atoms with Gasteiger partial charge in [0.1, 0.15) is 0 Å². The minimum Gasteiger partial charge on any atom is -0.346 e. The van der Waals surface area contributed by atoms with Crippen molar-refractivity contribution >= 4 is 22.7 Å². The van der Waals surface area contributed by atoms with Crippen LogP contribution in [0.15, 0.2) is 36.5 Å². The number of hydrogen-bond donors (Lipinski definition) is 0. The molecule has 0 unspecified atom stereocenters. The summed E-state index contributed by atoms with van der Waals surface area (Å²) in [4.78, 5) is 32.2. The van der Waals surface area contributed by atoms with Crippen molar-refractivity contribution in [1.82, 2.24) is 14.5 Å². The lowest BCUT2D eigenvalue weighted by atomic mass is 10.0. The third kappa shape index (κ3) is 6.16. The summed E-state index contributed by atoms with van der Waals surface area (Å²) in [6.45, 7) is 6.74. The molecule has 0 saturated carbocycles. The lowest BCUT2D eigenvalue weighted by Crippen LogP contribution is -2.27. The molecule has 0 fully saturated rings. The number of ketones is 1. The number of nitriles is 1. The molecule has 1 aromatic carbocycles. The Hall–Kier alpha value is -3.46. The van der Waals surface area contributed by atoms with E-state index in [-0.39, 0.29) is 18.1 Å². The molecule has 0 atom stereocenters. The number of hydrogen-bond acceptors (Lipinski definition) is 4. The minimum absolute atomic E-state index is 0.0289. The molecule has 1 amide bonds. The second-order valence-electron chi connectivity index (χ2n) is 9.19. The van der Waals surface area contributed by atoms with E-state index >= 15 is 0 Å². The number of nitrogens with zero attached hydrogens (tertiary/aromatic N) is 4. The van der Waals surface area contributed by atoms with Crippen LogP contribution in [-0.4, -0.2) is 39.7 Å². The maximum Gasteiger partial charge on any atom is 0.226 e. The molecule has 6 heteroatoms. The molecule has 3 aromatic rings. The molecule has 184 valence electrons. The average Bonchev–Trinajstić information content (AvgIpc) is 3.16. The zero-order chi connectivity index (χ0) is 25.4. The standard InChI is InChI=1S/C29H36N4O2/c1-5-7-8-9-10-11-12-26(34)28-21(3)33(24-15-13-22(19-30)14-16-24)25-17-23(20-31-29(25)28)18-27(35)32(4)6-2/h13-17,20H,5-12,18H2,1-4H3. The number of pyridine rings is 1. The van der Waals surface area contributed by atoms with Crippen molar-refractivity contribution in [2.75, 3.05) is 13.6 Å². The summed E-state index contributed by atoms with van der Waals surface area (Å²) < 4.78 is 2.02. The van der Waals surface area contributed by atoms with Crippen LogP contribution >= 0.6 is 0 Å². The smallest absolute Gasteiger partial charge is 0.226 e. The number of likely N-dealkylation sites (N-methyl/N-ethyl adjacent to an activating group) is 1. The molecular formula is C29H36N4O2. The molecule has 2 aromatic heterocycles. The van der Waals surface area contributed by atoms with Gasteiger partial charge in [0.2, 0.25) is 5.91 Å². The van der Waals surface area contributed by atoms with Crippen LogP contribution < -0.4 is 0 Å². The highest BCUT2D eigenvalue weighted by Crippen LogP contribution is 2.30. The second-order valence-corrected chi connectivity index (χ2v) is 9.19. The third-order valence-electron chi connectivity index (χ3n) is 6.65. The monoisotopic (exact) mass is 472 g/mol. The predicted octanol–water partition coefficient (Wildman–Crippen LogP) is 6.16. The molecule has 0 bridgehead atoms. The summed E-state index contributed by atoms with van der Waals surface area (Å²) in [5, 5.41) is 9.19. The van der Waals surface area contributed by atoms with Crippen molar-refractivity contribution in [3.8, 4) is 11.8 Å². The van der Waals surface area contributed by atoms with Gasteiger partial charge in [0.15, 0.2) is 5.78 Å². The molecule has 35 heavy (non-hydrogen) atoms. The lowest BCUT2D eigenvalue weighted by molar-refractivity contribution is -0.128. The maximum absolute atomic E-state index is 13.3. The van der Waals surface area contributed by atoms with Gasteiger partial charge >= 0.3 is 0 Å². The Morgan fingerprint density at radius 3 is 2.40 bits per heavy atom. The number of Topliss-reactive ketones (excluding diaryl/α,β-unsaturated/α-hetero) is 1. The van der Waals surface area contributed by atoms with Crippen molar-refractivity contribution in [3.05, 3.63) is 58.9 Å². The van der Waals surface area contributed by atoms with Crippen LogP contribution in [0.1, 0.15) is 86.0 Å². The van der Waals surface area contributed by atoms with Crippen molar-refractivity contribution in [3.63, 3.8) is 0 Å². The topological polar surface area (TPSA) is 79.0 Å². The van der Waals surface area contributed by atoms with Gasteiger partial charge in [-0.2, -0.15) is 5.26 Å². The molecule has 0 aliphatic carbocycles. The summed E-state index contributed by atoms with van der Waals surface area (Å²) in [7, 11) is 1.79. The predicted molar refractivity (Wildman–Crippen MR) is 140 cm³/mol. The fraction of sp³-hybridized carbons (Fsp3) is 0.448. The summed E-state index contributed by atoms with van der Waals surface area (Å²) in [6.07, 6.45) is 9.25. The van der Waals surface area contributed by atoms with Crippen LogP contribution in [0.25, 0.3) is 16.7 Å². The molecule has 2 heterocycles. The zero-order valence-electron chi connectivity index (χ0n) is 21.4. The van der Waals surface area contributed by atoms with E-state index in [0.29, 0.717) is 29.6 Å². The van der Waals surface area contributed by atoms with Gasteiger partial charge in [0.05, 0.1) is 34.7 Å². The Bertz CT molecular complexity index is 1220. The number of benzene rings is 1. The largest absolute Gasteiger partial charge is 0.346 e. The van der Waals surface area contributed by atoms with Gasteiger partial charge in [-0.25, -0.2) is 0 Å². The van der Waals surface area contributed by atoms with Gasteiger partial charge in [0.25, 0.3) is 0 Å². The molecule has 0 radical (unpaired) electrons. The van der Waals surface area contributed by atoms with Gasteiger partial charge in [-0.15, -0.1) is 0 Å². The van der Waals surface area contributed by atoms with E-state index in [4.69, 9.17) is 0 Å². The van der Waals surface area contributed by atoms with Crippen molar-refractivity contribution in [1.29, 1.82) is 5.26 Å². The summed E-state index contributed by atoms with van der Waals surface area (Å²) in [5.41, 5.74) is 5.22. The van der Waals surface area contributed by atoms with E-state index in [1.165, 1.54) is 19.3 Å². The zero-order valence-corrected chi connectivity index (χ0v) is 21.4. The van der Waals surface area contributed by atoms with Gasteiger partial charge in [-0.3, -0.25) is 14.6 Å². The first kappa shape index (κ1) is 26.2. The fourth-order valence-electron chi connectivity index (χ4n) is 4.45. The number of aromatic nitrogens is 2. The summed E-state index contributed by atoms with van der Waals surface area (Å²) in [6, 6.07) is 11.4. The quantitative estimate of drug-likeness (QED) is 0.234. The number of rotatable bonds is 12. The van der Waals surface area contributed by atoms with Crippen LogP contribution in [0, 0.1) is 18.3 Å². The number of carbonyl (C=O) groups excluding carboxylic acids is 2. The summed E-state index contributed by atoms with van der Waals surface area (Å²) in [5.74, 6) is 0.138. The maximum atomic E-state index is 13.3. The Balaban J connectivity index is 1.99. The molecule has 3 rings (SSSR count). The highest BCUT2D eigenvalue weighted by molar-refractivity contribution is 6.08. The Labute approximate surface area is 208 Å². The SMILES string of the molecule is CCCCCCCCC(=O)c1c(C)n(-c2ccc(C#N)cc2)c2cc(CC(=O)N(C)CC)cnc12. The van der Waals surface area contributed by atoms with Crippen LogP contribution in [0.4, 0.5) is 0 Å². The van der Waals surface area contributed by atoms with E-state index in [0.717, 1.165) is 41.7 Å². The van der Waals surface area contributed by atoms with Crippen LogP contribution in [0.5, 0.6) is 0 Å². The Kier molecular flexibility index (Phi) is 9.19. The first-order valence-electron chi connectivity index (χ1n) is 12.7. The molecule has 6 nitrogen and oxygen atoms in total. The third-order valence-corrected chi connectivity index (χ3v) is 6.65. The van der Waals surface area contributed by atoms with E-state index in [1.807, 2.05) is 36.6 Å². The molecule has 0 N–H and O–H groups in total. The van der Waals surface area contributed by atoms with Gasteiger partial charge in [0, 0.05) is 37.6 Å². The Morgan fingerprint density at radius 2 is 1.74 bits per heavy atom. The van der Waals surface area contributed by atoms with Crippen molar-refractivity contribution in [2.24, 2.45) is 0 Å². The molecule has 0 spiro atoms. The van der Waals surface area contributed by atoms with Crippen molar-refractivity contribution < 1.29 is 9.59 Å². The van der Waals surface area contributed by atoms with Gasteiger partial charge in [-0.05, 0) is 56.2 Å². The molecular weight excluding hydrogens is 436 g/mol. The van der Waals surface area contributed by atoms with E-state index < -0.39 is 0 Å². The highest BCUT2D eigenvalue weighted by Gasteiger charge is 2.22. The lowest BCUT2D eigenvalue weighted by Gasteiger charge is -2.14. The van der Waals surface area contributed by atoms with Crippen LogP contribution in [0.2, 0.25) is 0 Å². The fourth-order valence-corrected chi connectivity index (χ4v) is 4.45. The molecule has 0 aliphatic rings. The number of unbranched alkanes of at least 4 members (excludes halogenated alkanes) is 5. The number of fused-ring (bicyclic) bond motifs is 1. The average molecular weight is 473 g/mol. The van der Waals surface area contributed by atoms with E-state index in [2.05, 4.69) is 18.0 Å². The number of amides is 1. The highest BCUT2D eigenvalue weighted by atomic mass is 16.2. The van der Waals surface area contributed by atoms with Crippen LogP contribution in [0.3, 0.4) is 0 Å². The van der Waals surface area contributed by atoms with Gasteiger partial charge in [-0.1, -0.05) is 39.0 Å². The van der Waals surface area contributed by atoms with Crippen molar-refractivity contribution in [2.45, 2.75) is 72.1 Å².